The lowest BCUT2D eigenvalue weighted by Gasteiger charge is -2.23. The molecule has 1 saturated carbocycles. The highest BCUT2D eigenvalue weighted by molar-refractivity contribution is 5.98. The van der Waals surface area contributed by atoms with E-state index in [4.69, 9.17) is 10.9 Å². The summed E-state index contributed by atoms with van der Waals surface area (Å²) in [6, 6.07) is 4.64. The number of rotatable bonds is 6. The van der Waals surface area contributed by atoms with Crippen LogP contribution in [0.4, 0.5) is 11.4 Å². The third-order valence-electron chi connectivity index (χ3n) is 3.47. The van der Waals surface area contributed by atoms with Crippen molar-refractivity contribution in [1.82, 2.24) is 0 Å². The summed E-state index contributed by atoms with van der Waals surface area (Å²) in [5, 5.41) is 22.8. The van der Waals surface area contributed by atoms with Crippen molar-refractivity contribution in [2.24, 2.45) is 16.8 Å². The maximum atomic E-state index is 11.2. The van der Waals surface area contributed by atoms with Crippen LogP contribution in [0.2, 0.25) is 0 Å². The first-order valence-electron chi connectivity index (χ1n) is 6.58. The van der Waals surface area contributed by atoms with Gasteiger partial charge in [0.05, 0.1) is 4.92 Å². The Labute approximate surface area is 116 Å². The molecule has 0 aromatic heterocycles. The first-order chi connectivity index (χ1) is 9.56. The van der Waals surface area contributed by atoms with Crippen molar-refractivity contribution in [1.29, 1.82) is 0 Å². The number of nitrogens with two attached hydrogens (primary N) is 1. The van der Waals surface area contributed by atoms with E-state index in [0.29, 0.717) is 23.7 Å². The van der Waals surface area contributed by atoms with Gasteiger partial charge in [-0.3, -0.25) is 10.1 Å². The third-order valence-corrected chi connectivity index (χ3v) is 3.47. The standard InChI is InChI=1S/C13H18N4O3/c1-2-16(8-9-3-4-9)11-6-5-10(13(14)15-18)7-12(11)17(19)20/h5-7,9,18H,2-4,8H2,1H3,(H2,14,15). The van der Waals surface area contributed by atoms with Gasteiger partial charge in [-0.2, -0.15) is 0 Å². The summed E-state index contributed by atoms with van der Waals surface area (Å²) in [5.74, 6) is 0.503. The Morgan fingerprint density at radius 3 is 2.80 bits per heavy atom. The molecule has 0 aliphatic heterocycles. The fourth-order valence-electron chi connectivity index (χ4n) is 2.16. The number of nitro groups is 1. The summed E-state index contributed by atoms with van der Waals surface area (Å²) in [6.07, 6.45) is 2.37. The topological polar surface area (TPSA) is 105 Å². The van der Waals surface area contributed by atoms with Gasteiger partial charge in [-0.05, 0) is 37.8 Å². The van der Waals surface area contributed by atoms with E-state index in [2.05, 4.69) is 5.16 Å². The van der Waals surface area contributed by atoms with Crippen LogP contribution in [0.1, 0.15) is 25.3 Å². The Hall–Kier alpha value is -2.31. The highest BCUT2D eigenvalue weighted by Crippen LogP contribution is 2.35. The largest absolute Gasteiger partial charge is 0.409 e. The van der Waals surface area contributed by atoms with Crippen LogP contribution in [0.5, 0.6) is 0 Å². The normalized spacial score (nSPS) is 15.2. The number of benzene rings is 1. The van der Waals surface area contributed by atoms with E-state index in [9.17, 15) is 10.1 Å². The van der Waals surface area contributed by atoms with Crippen molar-refractivity contribution >= 4 is 17.2 Å². The lowest BCUT2D eigenvalue weighted by atomic mass is 10.1. The molecule has 1 aromatic carbocycles. The van der Waals surface area contributed by atoms with E-state index in [1.54, 1.807) is 12.1 Å². The zero-order chi connectivity index (χ0) is 14.7. The molecular weight excluding hydrogens is 260 g/mol. The predicted octanol–water partition coefficient (Wildman–Crippen LogP) is 1.93. The molecule has 0 atom stereocenters. The van der Waals surface area contributed by atoms with E-state index >= 15 is 0 Å². The first kappa shape index (κ1) is 14.1. The summed E-state index contributed by atoms with van der Waals surface area (Å²) in [4.78, 5) is 12.8. The van der Waals surface area contributed by atoms with Crippen molar-refractivity contribution in [3.05, 3.63) is 33.9 Å². The predicted molar refractivity (Wildman–Crippen MR) is 76.2 cm³/mol. The van der Waals surface area contributed by atoms with Crippen LogP contribution in [0.15, 0.2) is 23.4 Å². The van der Waals surface area contributed by atoms with Crippen molar-refractivity contribution < 1.29 is 10.1 Å². The molecule has 0 amide bonds. The number of hydrogen-bond donors (Lipinski definition) is 2. The molecule has 0 radical (unpaired) electrons. The molecule has 20 heavy (non-hydrogen) atoms. The Morgan fingerprint density at radius 1 is 1.60 bits per heavy atom. The molecule has 0 spiro atoms. The Kier molecular flexibility index (Phi) is 4.07. The molecule has 3 N–H and O–H groups in total. The third kappa shape index (κ3) is 2.98. The van der Waals surface area contributed by atoms with E-state index in [-0.39, 0.29) is 11.5 Å². The van der Waals surface area contributed by atoms with E-state index in [1.807, 2.05) is 11.8 Å². The zero-order valence-corrected chi connectivity index (χ0v) is 11.3. The van der Waals surface area contributed by atoms with Crippen molar-refractivity contribution in [2.75, 3.05) is 18.0 Å². The molecule has 108 valence electrons. The molecule has 7 heteroatoms. The minimum absolute atomic E-state index is 0.0170. The van der Waals surface area contributed by atoms with Gasteiger partial charge in [0.15, 0.2) is 5.84 Å². The van der Waals surface area contributed by atoms with Crippen LogP contribution in [-0.4, -0.2) is 29.1 Å². The van der Waals surface area contributed by atoms with E-state index < -0.39 is 4.92 Å². The average molecular weight is 278 g/mol. The summed E-state index contributed by atoms with van der Waals surface area (Å²) < 4.78 is 0. The molecule has 1 aromatic rings. The number of nitro benzene ring substituents is 1. The second-order valence-electron chi connectivity index (χ2n) is 4.93. The van der Waals surface area contributed by atoms with Crippen LogP contribution < -0.4 is 10.6 Å². The lowest BCUT2D eigenvalue weighted by Crippen LogP contribution is -2.26. The summed E-state index contributed by atoms with van der Waals surface area (Å²) in [7, 11) is 0. The minimum atomic E-state index is -0.432. The minimum Gasteiger partial charge on any atom is -0.409 e. The number of hydrogen-bond acceptors (Lipinski definition) is 5. The fraction of sp³-hybridized carbons (Fsp3) is 0.462. The van der Waals surface area contributed by atoms with Gasteiger partial charge in [0.25, 0.3) is 5.69 Å². The summed E-state index contributed by atoms with van der Waals surface area (Å²) in [6.45, 7) is 3.52. The monoisotopic (exact) mass is 278 g/mol. The highest BCUT2D eigenvalue weighted by atomic mass is 16.6. The average Bonchev–Trinajstić information content (AvgIpc) is 3.27. The molecule has 0 unspecified atom stereocenters. The van der Waals surface area contributed by atoms with Crippen molar-refractivity contribution in [3.8, 4) is 0 Å². The molecule has 0 saturated heterocycles. The molecule has 0 heterocycles. The van der Waals surface area contributed by atoms with Gasteiger partial charge < -0.3 is 15.8 Å². The van der Waals surface area contributed by atoms with Crippen LogP contribution >= 0.6 is 0 Å². The zero-order valence-electron chi connectivity index (χ0n) is 11.3. The highest BCUT2D eigenvalue weighted by Gasteiger charge is 2.27. The van der Waals surface area contributed by atoms with Gasteiger partial charge in [0.2, 0.25) is 0 Å². The second kappa shape index (κ2) is 5.77. The van der Waals surface area contributed by atoms with Crippen LogP contribution in [0.3, 0.4) is 0 Å². The first-order valence-corrected chi connectivity index (χ1v) is 6.58. The Balaban J connectivity index is 2.37. The second-order valence-corrected chi connectivity index (χ2v) is 4.93. The summed E-state index contributed by atoms with van der Waals surface area (Å²) in [5.41, 5.74) is 6.38. The van der Waals surface area contributed by atoms with Gasteiger partial charge in [-0.25, -0.2) is 0 Å². The maximum absolute atomic E-state index is 11.2. The Morgan fingerprint density at radius 2 is 2.30 bits per heavy atom. The van der Waals surface area contributed by atoms with Gasteiger partial charge in [0, 0.05) is 24.7 Å². The molecule has 1 aliphatic rings. The number of nitrogens with zero attached hydrogens (tertiary/aromatic N) is 3. The summed E-state index contributed by atoms with van der Waals surface area (Å²) >= 11 is 0. The molecule has 7 nitrogen and oxygen atoms in total. The van der Waals surface area contributed by atoms with Gasteiger partial charge in [-0.1, -0.05) is 5.16 Å². The van der Waals surface area contributed by atoms with E-state index in [0.717, 1.165) is 6.54 Å². The SMILES string of the molecule is CCN(CC1CC1)c1ccc(C(N)=NO)cc1[N+](=O)[O-]. The van der Waals surface area contributed by atoms with E-state index in [1.165, 1.54) is 18.9 Å². The quantitative estimate of drug-likeness (QED) is 0.272. The molecule has 1 aliphatic carbocycles. The number of oxime groups is 1. The number of anilines is 1. The smallest absolute Gasteiger partial charge is 0.293 e. The Bertz CT molecular complexity index is 540. The van der Waals surface area contributed by atoms with Crippen LogP contribution in [-0.2, 0) is 0 Å². The van der Waals surface area contributed by atoms with Crippen LogP contribution in [0, 0.1) is 16.0 Å². The van der Waals surface area contributed by atoms with Gasteiger partial charge in [0.1, 0.15) is 5.69 Å². The molecule has 2 rings (SSSR count). The maximum Gasteiger partial charge on any atom is 0.293 e. The molecular formula is C13H18N4O3. The fourth-order valence-corrected chi connectivity index (χ4v) is 2.16. The van der Waals surface area contributed by atoms with Crippen LogP contribution in [0.25, 0.3) is 0 Å². The lowest BCUT2D eigenvalue weighted by molar-refractivity contribution is -0.384. The number of amidine groups is 1. The van der Waals surface area contributed by atoms with Crippen molar-refractivity contribution in [2.45, 2.75) is 19.8 Å². The molecule has 0 bridgehead atoms. The van der Waals surface area contributed by atoms with Gasteiger partial charge in [-0.15, -0.1) is 0 Å². The van der Waals surface area contributed by atoms with Crippen molar-refractivity contribution in [3.63, 3.8) is 0 Å². The van der Waals surface area contributed by atoms with Gasteiger partial charge >= 0.3 is 0 Å². The molecule has 1 fully saturated rings.